The van der Waals surface area contributed by atoms with Crippen LogP contribution in [0, 0.1) is 0 Å². The predicted octanol–water partition coefficient (Wildman–Crippen LogP) is 3.12. The molecule has 0 heterocycles. The molecule has 0 radical (unpaired) electrons. The van der Waals surface area contributed by atoms with Crippen LogP contribution in [0.25, 0.3) is 0 Å². The molecule has 0 saturated heterocycles. The molecule has 0 aliphatic heterocycles. The SMILES string of the molecule is CC(C)S(=O)(=O)NC1CCCCC1(F)c1ccccc1. The highest BCUT2D eigenvalue weighted by Crippen LogP contribution is 2.41. The van der Waals surface area contributed by atoms with Crippen molar-refractivity contribution < 1.29 is 12.8 Å². The first-order valence-electron chi connectivity index (χ1n) is 7.12. The molecule has 1 saturated carbocycles. The van der Waals surface area contributed by atoms with Crippen LogP contribution in [-0.4, -0.2) is 19.7 Å². The van der Waals surface area contributed by atoms with E-state index in [1.807, 2.05) is 6.07 Å². The van der Waals surface area contributed by atoms with Crippen LogP contribution in [0.3, 0.4) is 0 Å². The average molecular weight is 299 g/mol. The number of alkyl halides is 1. The van der Waals surface area contributed by atoms with Crippen LogP contribution < -0.4 is 4.72 Å². The fourth-order valence-corrected chi connectivity index (χ4v) is 3.65. The molecule has 0 amide bonds. The van der Waals surface area contributed by atoms with Gasteiger partial charge in [-0.2, -0.15) is 0 Å². The molecule has 5 heteroatoms. The molecule has 0 bridgehead atoms. The Balaban J connectivity index is 2.30. The third-order valence-electron chi connectivity index (χ3n) is 4.02. The molecule has 1 aromatic carbocycles. The maximum Gasteiger partial charge on any atom is 0.214 e. The highest BCUT2D eigenvalue weighted by molar-refractivity contribution is 7.90. The van der Waals surface area contributed by atoms with E-state index in [4.69, 9.17) is 0 Å². The molecule has 20 heavy (non-hydrogen) atoms. The second kappa shape index (κ2) is 5.82. The number of hydrogen-bond donors (Lipinski definition) is 1. The molecule has 1 aliphatic rings. The van der Waals surface area contributed by atoms with Gasteiger partial charge in [-0.3, -0.25) is 0 Å². The van der Waals surface area contributed by atoms with Gasteiger partial charge in [0.05, 0.1) is 11.3 Å². The first-order chi connectivity index (χ1) is 9.36. The Bertz CT molecular complexity index is 544. The Labute approximate surface area is 120 Å². The Kier molecular flexibility index (Phi) is 4.49. The monoisotopic (exact) mass is 299 g/mol. The summed E-state index contributed by atoms with van der Waals surface area (Å²) >= 11 is 0. The lowest BCUT2D eigenvalue weighted by Gasteiger charge is -2.38. The summed E-state index contributed by atoms with van der Waals surface area (Å²) in [6.45, 7) is 3.21. The molecule has 1 N–H and O–H groups in total. The van der Waals surface area contributed by atoms with Gasteiger partial charge in [0, 0.05) is 0 Å². The van der Waals surface area contributed by atoms with E-state index in [1.165, 1.54) is 0 Å². The molecule has 1 aliphatic carbocycles. The van der Waals surface area contributed by atoms with Crippen LogP contribution in [0.4, 0.5) is 4.39 Å². The molecule has 0 aromatic heterocycles. The van der Waals surface area contributed by atoms with Crippen LogP contribution in [-0.2, 0) is 15.7 Å². The maximum absolute atomic E-state index is 15.4. The molecule has 3 nitrogen and oxygen atoms in total. The summed E-state index contributed by atoms with van der Waals surface area (Å²) in [5.74, 6) is 0. The molecule has 1 fully saturated rings. The first-order valence-corrected chi connectivity index (χ1v) is 8.66. The van der Waals surface area contributed by atoms with Crippen molar-refractivity contribution in [2.24, 2.45) is 0 Å². The topological polar surface area (TPSA) is 46.2 Å². The zero-order chi connectivity index (χ0) is 14.8. The van der Waals surface area contributed by atoms with Gasteiger partial charge in [-0.15, -0.1) is 0 Å². The van der Waals surface area contributed by atoms with Gasteiger partial charge in [0.1, 0.15) is 0 Å². The summed E-state index contributed by atoms with van der Waals surface area (Å²) < 4.78 is 42.1. The third kappa shape index (κ3) is 3.04. The molecule has 0 spiro atoms. The standard InChI is InChI=1S/C15H22FNO2S/c1-12(2)20(18,19)17-14-10-6-7-11-15(14,16)13-8-4-3-5-9-13/h3-5,8-9,12,14,17H,6-7,10-11H2,1-2H3. The zero-order valence-electron chi connectivity index (χ0n) is 12.0. The van der Waals surface area contributed by atoms with Crippen molar-refractivity contribution in [3.05, 3.63) is 35.9 Å². The summed E-state index contributed by atoms with van der Waals surface area (Å²) in [5.41, 5.74) is -1.04. The second-order valence-electron chi connectivity index (χ2n) is 5.74. The zero-order valence-corrected chi connectivity index (χ0v) is 12.8. The smallest absolute Gasteiger partial charge is 0.214 e. The first kappa shape index (κ1) is 15.4. The molecule has 2 rings (SSSR count). The van der Waals surface area contributed by atoms with E-state index in [-0.39, 0.29) is 0 Å². The minimum atomic E-state index is -3.47. The Morgan fingerprint density at radius 3 is 2.50 bits per heavy atom. The van der Waals surface area contributed by atoms with Crippen molar-refractivity contribution in [3.8, 4) is 0 Å². The largest absolute Gasteiger partial charge is 0.237 e. The molecule has 2 unspecified atom stereocenters. The van der Waals surface area contributed by atoms with Crippen LogP contribution in [0.15, 0.2) is 30.3 Å². The number of nitrogens with one attached hydrogen (secondary N) is 1. The lowest BCUT2D eigenvalue weighted by molar-refractivity contribution is 0.0712. The summed E-state index contributed by atoms with van der Waals surface area (Å²) in [7, 11) is -3.47. The molecule has 2 atom stereocenters. The minimum absolute atomic E-state index is 0.363. The van der Waals surface area contributed by atoms with E-state index in [1.54, 1.807) is 38.1 Å². The Morgan fingerprint density at radius 2 is 1.90 bits per heavy atom. The van der Waals surface area contributed by atoms with Gasteiger partial charge in [-0.1, -0.05) is 36.8 Å². The van der Waals surface area contributed by atoms with Crippen LogP contribution in [0.1, 0.15) is 45.1 Å². The van der Waals surface area contributed by atoms with Gasteiger partial charge in [0.2, 0.25) is 10.0 Å². The van der Waals surface area contributed by atoms with Gasteiger partial charge >= 0.3 is 0 Å². The van der Waals surface area contributed by atoms with Crippen LogP contribution >= 0.6 is 0 Å². The quantitative estimate of drug-likeness (QED) is 0.928. The summed E-state index contributed by atoms with van der Waals surface area (Å²) in [5, 5.41) is -0.551. The Hall–Kier alpha value is -0.940. The highest BCUT2D eigenvalue weighted by atomic mass is 32.2. The number of benzene rings is 1. The second-order valence-corrected chi connectivity index (χ2v) is 8.01. The fraction of sp³-hybridized carbons (Fsp3) is 0.600. The van der Waals surface area contributed by atoms with Gasteiger partial charge in [0.25, 0.3) is 0 Å². The van der Waals surface area contributed by atoms with Crippen molar-refractivity contribution in [2.75, 3.05) is 0 Å². The van der Waals surface area contributed by atoms with E-state index in [0.29, 0.717) is 18.4 Å². The van der Waals surface area contributed by atoms with E-state index in [0.717, 1.165) is 12.8 Å². The van der Waals surface area contributed by atoms with E-state index >= 15 is 4.39 Å². The average Bonchev–Trinajstić information content (AvgIpc) is 2.42. The lowest BCUT2D eigenvalue weighted by atomic mass is 9.78. The van der Waals surface area contributed by atoms with Crippen molar-refractivity contribution in [3.63, 3.8) is 0 Å². The van der Waals surface area contributed by atoms with Crippen molar-refractivity contribution in [1.82, 2.24) is 4.72 Å². The van der Waals surface area contributed by atoms with Gasteiger partial charge < -0.3 is 0 Å². The molecule has 1 aromatic rings. The molecule has 112 valence electrons. The van der Waals surface area contributed by atoms with Crippen molar-refractivity contribution in [1.29, 1.82) is 0 Å². The van der Waals surface area contributed by atoms with Gasteiger partial charge in [-0.05, 0) is 38.7 Å². The maximum atomic E-state index is 15.4. The summed E-state index contributed by atoms with van der Waals surface area (Å²) in [6.07, 6.45) is 2.54. The summed E-state index contributed by atoms with van der Waals surface area (Å²) in [6, 6.07) is 8.22. The Morgan fingerprint density at radius 1 is 1.25 bits per heavy atom. The highest BCUT2D eigenvalue weighted by Gasteiger charge is 2.44. The van der Waals surface area contributed by atoms with Crippen molar-refractivity contribution >= 4 is 10.0 Å². The van der Waals surface area contributed by atoms with Gasteiger partial charge in [-0.25, -0.2) is 17.5 Å². The van der Waals surface area contributed by atoms with E-state index < -0.39 is 27.0 Å². The van der Waals surface area contributed by atoms with Crippen LogP contribution in [0.5, 0.6) is 0 Å². The number of sulfonamides is 1. The minimum Gasteiger partial charge on any atom is -0.237 e. The summed E-state index contributed by atoms with van der Waals surface area (Å²) in [4.78, 5) is 0. The third-order valence-corrected chi connectivity index (χ3v) is 5.87. The number of halogens is 1. The van der Waals surface area contributed by atoms with E-state index in [2.05, 4.69) is 4.72 Å². The number of rotatable bonds is 4. The molecular weight excluding hydrogens is 277 g/mol. The van der Waals surface area contributed by atoms with Gasteiger partial charge in [0.15, 0.2) is 5.67 Å². The van der Waals surface area contributed by atoms with Crippen LogP contribution in [0.2, 0.25) is 0 Å². The number of hydrogen-bond acceptors (Lipinski definition) is 2. The normalized spacial score (nSPS) is 27.7. The fourth-order valence-electron chi connectivity index (χ4n) is 2.68. The predicted molar refractivity (Wildman–Crippen MR) is 78.7 cm³/mol. The molecular formula is C15H22FNO2S. The van der Waals surface area contributed by atoms with E-state index in [9.17, 15) is 8.42 Å². The lowest BCUT2D eigenvalue weighted by Crippen LogP contribution is -2.51. The van der Waals surface area contributed by atoms with Crippen molar-refractivity contribution in [2.45, 2.75) is 56.5 Å².